The maximum absolute atomic E-state index is 11.4. The molecule has 0 radical (unpaired) electrons. The lowest BCUT2D eigenvalue weighted by Gasteiger charge is -2.09. The summed E-state index contributed by atoms with van der Waals surface area (Å²) in [5.41, 5.74) is 5.33. The van der Waals surface area contributed by atoms with E-state index in [0.29, 0.717) is 6.54 Å². The number of nitrogens with zero attached hydrogens (tertiary/aromatic N) is 4. The molecule has 16 heavy (non-hydrogen) atoms. The second-order valence-corrected chi connectivity index (χ2v) is 3.81. The number of nitrogen functional groups attached to an aromatic ring is 1. The molecule has 1 heterocycles. The Balaban J connectivity index is 2.16. The molecule has 0 unspecified atom stereocenters. The Hall–Kier alpha value is -1.63. The van der Waals surface area contributed by atoms with Crippen LogP contribution in [0.4, 0.5) is 5.95 Å². The number of hydrogen-bond acceptors (Lipinski definition) is 5. The van der Waals surface area contributed by atoms with Crippen molar-refractivity contribution in [3.05, 3.63) is 6.33 Å². The molecule has 1 aromatic rings. The summed E-state index contributed by atoms with van der Waals surface area (Å²) in [7, 11) is 4.00. The SMILES string of the molecule is CN(C)CCCNC(=O)Cn1cnc(N)n1. The Kier molecular flexibility index (Phi) is 4.71. The fourth-order valence-corrected chi connectivity index (χ4v) is 1.21. The van der Waals surface area contributed by atoms with Gasteiger partial charge in [0.1, 0.15) is 12.9 Å². The Morgan fingerprint density at radius 1 is 1.62 bits per heavy atom. The van der Waals surface area contributed by atoms with E-state index in [0.717, 1.165) is 13.0 Å². The van der Waals surface area contributed by atoms with Crippen LogP contribution in [-0.2, 0) is 11.3 Å². The van der Waals surface area contributed by atoms with E-state index in [9.17, 15) is 4.79 Å². The number of carbonyl (C=O) groups is 1. The third-order valence-corrected chi connectivity index (χ3v) is 1.96. The quantitative estimate of drug-likeness (QED) is 0.603. The van der Waals surface area contributed by atoms with Crippen LogP contribution in [0.5, 0.6) is 0 Å². The Labute approximate surface area is 94.6 Å². The maximum atomic E-state index is 11.4. The molecule has 0 spiro atoms. The summed E-state index contributed by atoms with van der Waals surface area (Å²) in [5, 5.41) is 6.62. The fourth-order valence-electron chi connectivity index (χ4n) is 1.21. The van der Waals surface area contributed by atoms with Crippen LogP contribution in [0.25, 0.3) is 0 Å². The normalized spacial score (nSPS) is 10.7. The maximum Gasteiger partial charge on any atom is 0.241 e. The standard InChI is InChI=1S/C9H18N6O/c1-14(2)5-3-4-11-8(16)6-15-7-12-9(10)13-15/h7H,3-6H2,1-2H3,(H2,10,13)(H,11,16). The van der Waals surface area contributed by atoms with E-state index in [2.05, 4.69) is 20.3 Å². The summed E-state index contributed by atoms with van der Waals surface area (Å²) in [6, 6.07) is 0. The number of hydrogen-bond donors (Lipinski definition) is 2. The van der Waals surface area contributed by atoms with Crippen LogP contribution in [-0.4, -0.2) is 52.8 Å². The average Bonchev–Trinajstić information content (AvgIpc) is 2.58. The molecule has 0 aliphatic rings. The second kappa shape index (κ2) is 6.06. The molecule has 0 aliphatic heterocycles. The van der Waals surface area contributed by atoms with Crippen LogP contribution < -0.4 is 11.1 Å². The zero-order valence-electron chi connectivity index (χ0n) is 9.68. The first-order valence-corrected chi connectivity index (χ1v) is 5.14. The molecule has 3 N–H and O–H groups in total. The van der Waals surface area contributed by atoms with Crippen molar-refractivity contribution < 1.29 is 4.79 Å². The van der Waals surface area contributed by atoms with Crippen LogP contribution in [0.15, 0.2) is 6.33 Å². The summed E-state index contributed by atoms with van der Waals surface area (Å²) < 4.78 is 1.41. The zero-order valence-corrected chi connectivity index (χ0v) is 9.68. The first-order valence-electron chi connectivity index (χ1n) is 5.14. The summed E-state index contributed by atoms with van der Waals surface area (Å²) in [4.78, 5) is 17.2. The average molecular weight is 226 g/mol. The van der Waals surface area contributed by atoms with Gasteiger partial charge in [0.25, 0.3) is 0 Å². The molecule has 7 nitrogen and oxygen atoms in total. The number of anilines is 1. The smallest absolute Gasteiger partial charge is 0.241 e. The van der Waals surface area contributed by atoms with Crippen LogP contribution in [0.3, 0.4) is 0 Å². The van der Waals surface area contributed by atoms with E-state index in [1.54, 1.807) is 0 Å². The van der Waals surface area contributed by atoms with Gasteiger partial charge in [-0.2, -0.15) is 0 Å². The summed E-state index contributed by atoms with van der Waals surface area (Å²) in [6.45, 7) is 1.78. The minimum atomic E-state index is -0.0799. The van der Waals surface area contributed by atoms with Crippen molar-refractivity contribution >= 4 is 11.9 Å². The molecule has 1 rings (SSSR count). The van der Waals surface area contributed by atoms with E-state index in [1.165, 1.54) is 11.0 Å². The molecule has 0 bridgehead atoms. The van der Waals surface area contributed by atoms with Gasteiger partial charge in [0.15, 0.2) is 0 Å². The summed E-state index contributed by atoms with van der Waals surface area (Å²) >= 11 is 0. The van der Waals surface area contributed by atoms with Gasteiger partial charge in [-0.3, -0.25) is 4.79 Å². The van der Waals surface area contributed by atoms with Crippen molar-refractivity contribution in [3.63, 3.8) is 0 Å². The first-order chi connectivity index (χ1) is 7.58. The van der Waals surface area contributed by atoms with Gasteiger partial charge < -0.3 is 16.0 Å². The predicted molar refractivity (Wildman–Crippen MR) is 60.6 cm³/mol. The van der Waals surface area contributed by atoms with Gasteiger partial charge in [-0.05, 0) is 27.1 Å². The molecule has 0 fully saturated rings. The van der Waals surface area contributed by atoms with Crippen LogP contribution in [0, 0.1) is 0 Å². The molecule has 0 aromatic carbocycles. The number of amides is 1. The highest BCUT2D eigenvalue weighted by Crippen LogP contribution is 1.89. The van der Waals surface area contributed by atoms with Gasteiger partial charge >= 0.3 is 0 Å². The third kappa shape index (κ3) is 4.74. The van der Waals surface area contributed by atoms with Gasteiger partial charge in [-0.15, -0.1) is 5.10 Å². The topological polar surface area (TPSA) is 89.1 Å². The third-order valence-electron chi connectivity index (χ3n) is 1.96. The lowest BCUT2D eigenvalue weighted by Crippen LogP contribution is -2.30. The highest BCUT2D eigenvalue weighted by molar-refractivity contribution is 5.75. The molecule has 0 aliphatic carbocycles. The molecule has 1 amide bonds. The van der Waals surface area contributed by atoms with Gasteiger partial charge in [0, 0.05) is 6.54 Å². The van der Waals surface area contributed by atoms with E-state index < -0.39 is 0 Å². The van der Waals surface area contributed by atoms with Crippen LogP contribution >= 0.6 is 0 Å². The monoisotopic (exact) mass is 226 g/mol. The van der Waals surface area contributed by atoms with Crippen molar-refractivity contribution in [1.82, 2.24) is 25.0 Å². The minimum Gasteiger partial charge on any atom is -0.367 e. The van der Waals surface area contributed by atoms with Crippen LogP contribution in [0.2, 0.25) is 0 Å². The molecule has 0 saturated heterocycles. The summed E-state index contributed by atoms with van der Waals surface area (Å²) in [6.07, 6.45) is 2.37. The van der Waals surface area contributed by atoms with Crippen molar-refractivity contribution in [2.75, 3.05) is 32.9 Å². The first kappa shape index (κ1) is 12.4. The van der Waals surface area contributed by atoms with Crippen molar-refractivity contribution in [1.29, 1.82) is 0 Å². The minimum absolute atomic E-state index is 0.0799. The number of carbonyl (C=O) groups excluding carboxylic acids is 1. The van der Waals surface area contributed by atoms with E-state index >= 15 is 0 Å². The Morgan fingerprint density at radius 2 is 2.38 bits per heavy atom. The zero-order chi connectivity index (χ0) is 12.0. The highest BCUT2D eigenvalue weighted by atomic mass is 16.2. The van der Waals surface area contributed by atoms with Gasteiger partial charge in [-0.1, -0.05) is 0 Å². The predicted octanol–water partition coefficient (Wildman–Crippen LogP) is -1.07. The molecule has 90 valence electrons. The lowest BCUT2D eigenvalue weighted by molar-refractivity contribution is -0.121. The van der Waals surface area contributed by atoms with Crippen molar-refractivity contribution in [2.45, 2.75) is 13.0 Å². The molecule has 7 heteroatoms. The highest BCUT2D eigenvalue weighted by Gasteiger charge is 2.03. The summed E-state index contributed by atoms with van der Waals surface area (Å²) in [5.74, 6) is 0.101. The molecule has 0 saturated carbocycles. The lowest BCUT2D eigenvalue weighted by atomic mass is 10.4. The number of rotatable bonds is 6. The Morgan fingerprint density at radius 3 is 2.94 bits per heavy atom. The molecular formula is C9H18N6O. The second-order valence-electron chi connectivity index (χ2n) is 3.81. The van der Waals surface area contributed by atoms with E-state index in [1.807, 2.05) is 14.1 Å². The van der Waals surface area contributed by atoms with Gasteiger partial charge in [0.05, 0.1) is 0 Å². The number of nitrogens with two attached hydrogens (primary N) is 1. The van der Waals surface area contributed by atoms with Gasteiger partial charge in [-0.25, -0.2) is 9.67 Å². The Bertz CT molecular complexity index is 334. The van der Waals surface area contributed by atoms with E-state index in [-0.39, 0.29) is 18.4 Å². The number of nitrogens with one attached hydrogen (secondary N) is 1. The van der Waals surface area contributed by atoms with Crippen molar-refractivity contribution in [2.24, 2.45) is 0 Å². The molecular weight excluding hydrogens is 208 g/mol. The molecule has 1 aromatic heterocycles. The number of aromatic nitrogens is 3. The van der Waals surface area contributed by atoms with Crippen LogP contribution in [0.1, 0.15) is 6.42 Å². The largest absolute Gasteiger partial charge is 0.367 e. The van der Waals surface area contributed by atoms with E-state index in [4.69, 9.17) is 5.73 Å². The van der Waals surface area contributed by atoms with Crippen molar-refractivity contribution in [3.8, 4) is 0 Å². The molecule has 0 atom stereocenters. The fraction of sp³-hybridized carbons (Fsp3) is 0.667. The van der Waals surface area contributed by atoms with Gasteiger partial charge in [0.2, 0.25) is 11.9 Å².